The highest BCUT2D eigenvalue weighted by Crippen LogP contribution is 2.33. The Kier molecular flexibility index (Phi) is 3.36. The van der Waals surface area contributed by atoms with Crippen molar-refractivity contribution in [1.29, 1.82) is 0 Å². The van der Waals surface area contributed by atoms with Crippen LogP contribution in [0.3, 0.4) is 0 Å². The summed E-state index contributed by atoms with van der Waals surface area (Å²) in [6, 6.07) is 3.92. The highest BCUT2D eigenvalue weighted by molar-refractivity contribution is 5.90. The van der Waals surface area contributed by atoms with Crippen molar-refractivity contribution in [2.24, 2.45) is 5.92 Å². The van der Waals surface area contributed by atoms with Crippen molar-refractivity contribution in [1.82, 2.24) is 15.1 Å². The van der Waals surface area contributed by atoms with E-state index in [1.54, 1.807) is 14.2 Å². The Morgan fingerprint density at radius 2 is 2.25 bits per heavy atom. The highest BCUT2D eigenvalue weighted by Gasteiger charge is 2.19. The number of fused-ring (bicyclic) bond motifs is 1. The third kappa shape index (κ3) is 2.14. The van der Waals surface area contributed by atoms with Gasteiger partial charge in [0, 0.05) is 31.7 Å². The van der Waals surface area contributed by atoms with E-state index >= 15 is 0 Å². The summed E-state index contributed by atoms with van der Waals surface area (Å²) in [7, 11) is 3.27. The minimum atomic E-state index is 0.597. The number of rotatable bonds is 5. The first-order valence-corrected chi connectivity index (χ1v) is 6.71. The predicted octanol–water partition coefficient (Wildman–Crippen LogP) is 1.88. The van der Waals surface area contributed by atoms with Crippen LogP contribution in [0.1, 0.15) is 5.56 Å². The Balaban J connectivity index is 2.01. The highest BCUT2D eigenvalue weighted by atomic mass is 16.5. The zero-order valence-corrected chi connectivity index (χ0v) is 11.8. The normalized spacial score (nSPS) is 15.1. The van der Waals surface area contributed by atoms with Crippen LogP contribution in [-0.2, 0) is 11.3 Å². The van der Waals surface area contributed by atoms with E-state index in [0.29, 0.717) is 11.7 Å². The van der Waals surface area contributed by atoms with E-state index in [1.165, 1.54) is 0 Å². The van der Waals surface area contributed by atoms with Crippen LogP contribution in [0, 0.1) is 5.92 Å². The zero-order valence-electron chi connectivity index (χ0n) is 11.8. The summed E-state index contributed by atoms with van der Waals surface area (Å²) in [6.45, 7) is 6.97. The van der Waals surface area contributed by atoms with Crippen molar-refractivity contribution >= 4 is 16.7 Å². The van der Waals surface area contributed by atoms with Gasteiger partial charge in [0.25, 0.3) is 0 Å². The van der Waals surface area contributed by atoms with Crippen LogP contribution in [0.25, 0.3) is 16.7 Å². The molecular weight excluding hydrogens is 254 g/mol. The van der Waals surface area contributed by atoms with Gasteiger partial charge < -0.3 is 14.8 Å². The number of hydrogen-bond acceptors (Lipinski definition) is 4. The molecule has 0 bridgehead atoms. The molecule has 3 rings (SSSR count). The fourth-order valence-corrected chi connectivity index (χ4v) is 2.50. The Labute approximate surface area is 118 Å². The number of methoxy groups -OCH3 is 2. The second kappa shape index (κ2) is 5.17. The van der Waals surface area contributed by atoms with Crippen molar-refractivity contribution in [3.05, 3.63) is 30.5 Å². The standard InChI is InChI=1S/C15H19N3O2/c1-10(19-2)12-4-5-14-13(15(12)20-3)9-18(17-14)8-11-6-16-7-11/h4-5,9,11,16H,1,6-8H2,2-3H3. The van der Waals surface area contributed by atoms with E-state index in [-0.39, 0.29) is 0 Å². The Morgan fingerprint density at radius 1 is 1.45 bits per heavy atom. The summed E-state index contributed by atoms with van der Waals surface area (Å²) in [5.41, 5.74) is 1.80. The first-order valence-electron chi connectivity index (χ1n) is 6.71. The van der Waals surface area contributed by atoms with E-state index < -0.39 is 0 Å². The maximum atomic E-state index is 5.53. The van der Waals surface area contributed by atoms with Crippen LogP contribution in [0.5, 0.6) is 5.75 Å². The molecule has 2 aromatic rings. The second-order valence-corrected chi connectivity index (χ2v) is 5.08. The Hall–Kier alpha value is -2.01. The molecule has 0 amide bonds. The van der Waals surface area contributed by atoms with Gasteiger partial charge >= 0.3 is 0 Å². The topological polar surface area (TPSA) is 48.3 Å². The molecule has 1 aromatic carbocycles. The van der Waals surface area contributed by atoms with Crippen LogP contribution >= 0.6 is 0 Å². The summed E-state index contributed by atoms with van der Waals surface area (Å²) in [5.74, 6) is 2.04. The first kappa shape index (κ1) is 13.0. The number of nitrogens with one attached hydrogen (secondary N) is 1. The van der Waals surface area contributed by atoms with E-state index in [4.69, 9.17) is 9.47 Å². The SMILES string of the molecule is C=C(OC)c1ccc2nn(CC3CNC3)cc2c1OC. The Bertz CT molecular complexity index is 644. The van der Waals surface area contributed by atoms with Crippen LogP contribution in [-0.4, -0.2) is 37.1 Å². The quantitative estimate of drug-likeness (QED) is 0.845. The summed E-state index contributed by atoms with van der Waals surface area (Å²) < 4.78 is 12.7. The van der Waals surface area contributed by atoms with Gasteiger partial charge in [-0.15, -0.1) is 0 Å². The number of nitrogens with zero attached hydrogens (tertiary/aromatic N) is 2. The molecule has 20 heavy (non-hydrogen) atoms. The summed E-state index contributed by atoms with van der Waals surface area (Å²) in [4.78, 5) is 0. The van der Waals surface area contributed by atoms with Crippen LogP contribution < -0.4 is 10.1 Å². The predicted molar refractivity (Wildman–Crippen MR) is 78.7 cm³/mol. The van der Waals surface area contributed by atoms with Gasteiger partial charge in [0.2, 0.25) is 0 Å². The number of hydrogen-bond donors (Lipinski definition) is 1. The molecule has 1 aliphatic rings. The molecule has 1 aromatic heterocycles. The summed E-state index contributed by atoms with van der Waals surface area (Å²) in [6.07, 6.45) is 2.04. The van der Waals surface area contributed by atoms with Gasteiger partial charge in [0.15, 0.2) is 0 Å². The van der Waals surface area contributed by atoms with Crippen LogP contribution in [0.4, 0.5) is 0 Å². The van der Waals surface area contributed by atoms with Gasteiger partial charge in [-0.05, 0) is 12.1 Å². The zero-order chi connectivity index (χ0) is 14.1. The molecule has 2 heterocycles. The van der Waals surface area contributed by atoms with E-state index in [9.17, 15) is 0 Å². The Morgan fingerprint density at radius 3 is 2.85 bits per heavy atom. The summed E-state index contributed by atoms with van der Waals surface area (Å²) in [5, 5.41) is 8.88. The molecule has 0 atom stereocenters. The maximum absolute atomic E-state index is 5.53. The number of aromatic nitrogens is 2. The van der Waals surface area contributed by atoms with Crippen molar-refractivity contribution in [3.8, 4) is 5.75 Å². The maximum Gasteiger partial charge on any atom is 0.140 e. The van der Waals surface area contributed by atoms with Crippen molar-refractivity contribution in [2.45, 2.75) is 6.54 Å². The lowest BCUT2D eigenvalue weighted by atomic mass is 10.0. The lowest BCUT2D eigenvalue weighted by Gasteiger charge is -2.26. The molecular formula is C15H19N3O2. The molecule has 0 radical (unpaired) electrons. The fourth-order valence-electron chi connectivity index (χ4n) is 2.50. The first-order chi connectivity index (χ1) is 9.72. The average molecular weight is 273 g/mol. The van der Waals surface area contributed by atoms with Gasteiger partial charge in [-0.2, -0.15) is 5.10 Å². The van der Waals surface area contributed by atoms with Crippen molar-refractivity contribution in [3.63, 3.8) is 0 Å². The molecule has 1 saturated heterocycles. The minimum Gasteiger partial charge on any atom is -0.497 e. The fraction of sp³-hybridized carbons (Fsp3) is 0.400. The molecule has 5 nitrogen and oxygen atoms in total. The van der Waals surface area contributed by atoms with Crippen molar-refractivity contribution < 1.29 is 9.47 Å². The lowest BCUT2D eigenvalue weighted by molar-refractivity contribution is 0.296. The van der Waals surface area contributed by atoms with E-state index in [2.05, 4.69) is 17.0 Å². The molecule has 0 spiro atoms. The van der Waals surface area contributed by atoms with Crippen LogP contribution in [0.15, 0.2) is 24.9 Å². The largest absolute Gasteiger partial charge is 0.497 e. The molecule has 1 aliphatic heterocycles. The van der Waals surface area contributed by atoms with Crippen LogP contribution in [0.2, 0.25) is 0 Å². The molecule has 106 valence electrons. The molecule has 1 N–H and O–H groups in total. The average Bonchev–Trinajstić information content (AvgIpc) is 2.83. The molecule has 0 unspecified atom stereocenters. The summed E-state index contributed by atoms with van der Waals surface area (Å²) >= 11 is 0. The molecule has 0 aliphatic carbocycles. The van der Waals surface area contributed by atoms with Gasteiger partial charge in [-0.1, -0.05) is 6.58 Å². The van der Waals surface area contributed by atoms with Gasteiger partial charge in [0.05, 0.1) is 30.7 Å². The number of benzene rings is 1. The molecule has 0 saturated carbocycles. The number of ether oxygens (including phenoxy) is 2. The van der Waals surface area contributed by atoms with Gasteiger partial charge in [-0.3, -0.25) is 4.68 Å². The van der Waals surface area contributed by atoms with E-state index in [1.807, 2.05) is 23.0 Å². The lowest BCUT2D eigenvalue weighted by Crippen LogP contribution is -2.44. The van der Waals surface area contributed by atoms with E-state index in [0.717, 1.165) is 41.9 Å². The van der Waals surface area contributed by atoms with Gasteiger partial charge in [0.1, 0.15) is 11.5 Å². The second-order valence-electron chi connectivity index (χ2n) is 5.08. The minimum absolute atomic E-state index is 0.597. The molecule has 1 fully saturated rings. The molecule has 5 heteroatoms. The van der Waals surface area contributed by atoms with Crippen molar-refractivity contribution in [2.75, 3.05) is 27.3 Å². The third-order valence-corrected chi connectivity index (χ3v) is 3.75. The van der Waals surface area contributed by atoms with Gasteiger partial charge in [-0.25, -0.2) is 0 Å². The third-order valence-electron chi connectivity index (χ3n) is 3.75. The monoisotopic (exact) mass is 273 g/mol. The smallest absolute Gasteiger partial charge is 0.140 e.